The van der Waals surface area contributed by atoms with Gasteiger partial charge < -0.3 is 20.1 Å². The van der Waals surface area contributed by atoms with Crippen LogP contribution >= 0.6 is 0 Å². The number of ether oxygens (including phenoxy) is 2. The van der Waals surface area contributed by atoms with Crippen LogP contribution in [0.2, 0.25) is 0 Å². The monoisotopic (exact) mass is 360 g/mol. The fraction of sp³-hybridized carbons (Fsp3) is 0.500. The first kappa shape index (κ1) is 20.0. The molecule has 0 aromatic heterocycles. The Hall–Kier alpha value is -2.34. The second kappa shape index (κ2) is 10.6. The molecule has 26 heavy (non-hydrogen) atoms. The Labute approximate surface area is 154 Å². The van der Waals surface area contributed by atoms with Crippen LogP contribution < -0.4 is 15.4 Å². The zero-order valence-electron chi connectivity index (χ0n) is 15.5. The first-order chi connectivity index (χ1) is 12.6. The van der Waals surface area contributed by atoms with Crippen molar-refractivity contribution in [3.63, 3.8) is 0 Å². The maximum absolute atomic E-state index is 12.0. The Kier molecular flexibility index (Phi) is 8.15. The van der Waals surface area contributed by atoms with Crippen molar-refractivity contribution in [1.29, 1.82) is 0 Å². The highest BCUT2D eigenvalue weighted by molar-refractivity contribution is 6.35. The molecule has 0 unspecified atom stereocenters. The maximum atomic E-state index is 12.0. The molecule has 1 aliphatic carbocycles. The molecule has 0 saturated carbocycles. The Morgan fingerprint density at radius 2 is 1.96 bits per heavy atom. The minimum absolute atomic E-state index is 0.209. The van der Waals surface area contributed by atoms with Gasteiger partial charge in [-0.25, -0.2) is 0 Å². The minimum atomic E-state index is -0.646. The summed E-state index contributed by atoms with van der Waals surface area (Å²) in [4.78, 5) is 23.9. The molecule has 0 spiro atoms. The van der Waals surface area contributed by atoms with E-state index in [9.17, 15) is 9.59 Å². The van der Waals surface area contributed by atoms with Crippen molar-refractivity contribution >= 4 is 11.8 Å². The van der Waals surface area contributed by atoms with Crippen LogP contribution in [0.4, 0.5) is 0 Å². The molecular weight excluding hydrogens is 332 g/mol. The fourth-order valence-electron chi connectivity index (χ4n) is 2.99. The third kappa shape index (κ3) is 6.19. The van der Waals surface area contributed by atoms with Gasteiger partial charge in [-0.2, -0.15) is 0 Å². The van der Waals surface area contributed by atoms with Crippen LogP contribution in [0, 0.1) is 0 Å². The Morgan fingerprint density at radius 1 is 1.15 bits per heavy atom. The van der Waals surface area contributed by atoms with Gasteiger partial charge in [0.05, 0.1) is 13.2 Å². The van der Waals surface area contributed by atoms with Gasteiger partial charge >= 0.3 is 11.8 Å². The summed E-state index contributed by atoms with van der Waals surface area (Å²) in [5, 5.41) is 5.30. The largest absolute Gasteiger partial charge is 0.497 e. The van der Waals surface area contributed by atoms with Crippen molar-refractivity contribution in [1.82, 2.24) is 10.6 Å². The third-order valence-electron chi connectivity index (χ3n) is 4.52. The molecular formula is C20H28N2O4. The molecule has 1 aromatic rings. The lowest BCUT2D eigenvalue weighted by atomic mass is 9.97. The number of amides is 2. The number of benzene rings is 1. The molecule has 0 heterocycles. The van der Waals surface area contributed by atoms with Gasteiger partial charge in [0, 0.05) is 20.2 Å². The van der Waals surface area contributed by atoms with Crippen molar-refractivity contribution in [3.05, 3.63) is 41.5 Å². The zero-order chi connectivity index (χ0) is 18.8. The molecule has 2 rings (SSSR count). The Morgan fingerprint density at radius 3 is 2.65 bits per heavy atom. The summed E-state index contributed by atoms with van der Waals surface area (Å²) >= 11 is 0. The minimum Gasteiger partial charge on any atom is -0.497 e. The lowest BCUT2D eigenvalue weighted by Crippen LogP contribution is -2.42. The van der Waals surface area contributed by atoms with Crippen LogP contribution in [0.15, 0.2) is 35.9 Å². The maximum Gasteiger partial charge on any atom is 0.309 e. The predicted molar refractivity (Wildman–Crippen MR) is 99.9 cm³/mol. The molecule has 2 amide bonds. The molecule has 0 fully saturated rings. The molecule has 0 radical (unpaired) electrons. The summed E-state index contributed by atoms with van der Waals surface area (Å²) in [6.45, 7) is 0.697. The molecule has 1 atom stereocenters. The van der Waals surface area contributed by atoms with Crippen molar-refractivity contribution in [2.24, 2.45) is 0 Å². The summed E-state index contributed by atoms with van der Waals surface area (Å²) in [5.74, 6) is -0.542. The van der Waals surface area contributed by atoms with E-state index in [1.807, 2.05) is 24.3 Å². The van der Waals surface area contributed by atoms with E-state index in [1.54, 1.807) is 14.2 Å². The van der Waals surface area contributed by atoms with E-state index in [0.717, 1.165) is 24.8 Å². The summed E-state index contributed by atoms with van der Waals surface area (Å²) in [6.07, 6.45) is 7.37. The first-order valence-corrected chi connectivity index (χ1v) is 9.04. The summed E-state index contributed by atoms with van der Waals surface area (Å²) in [6, 6.07) is 7.43. The summed E-state index contributed by atoms with van der Waals surface area (Å²) < 4.78 is 10.6. The molecule has 6 nitrogen and oxygen atoms in total. The lowest BCUT2D eigenvalue weighted by Gasteiger charge is -2.17. The van der Waals surface area contributed by atoms with Crippen molar-refractivity contribution in [2.45, 2.75) is 38.2 Å². The number of methoxy groups -OCH3 is 2. The lowest BCUT2D eigenvalue weighted by molar-refractivity contribution is -0.139. The summed E-state index contributed by atoms with van der Waals surface area (Å²) in [7, 11) is 3.16. The molecule has 1 aliphatic rings. The number of rotatable bonds is 8. The van der Waals surface area contributed by atoms with Crippen LogP contribution in [-0.4, -0.2) is 39.1 Å². The van der Waals surface area contributed by atoms with Crippen molar-refractivity contribution in [2.75, 3.05) is 27.3 Å². The van der Waals surface area contributed by atoms with E-state index >= 15 is 0 Å². The zero-order valence-corrected chi connectivity index (χ0v) is 15.5. The predicted octanol–water partition coefficient (Wildman–Crippen LogP) is 2.51. The molecule has 0 aliphatic heterocycles. The van der Waals surface area contributed by atoms with Crippen molar-refractivity contribution < 1.29 is 19.1 Å². The number of hydrogen-bond acceptors (Lipinski definition) is 4. The standard InChI is InChI=1S/C20H28N2O4/c1-25-17-10-6-9-16(13-17)18(26-2)14-22-20(24)19(23)21-12-11-15-7-4-3-5-8-15/h6-7,9-10,13,18H,3-5,8,11-12,14H2,1-2H3,(H,21,23)(H,22,24)/t18-/m0/s1. The highest BCUT2D eigenvalue weighted by Gasteiger charge is 2.17. The first-order valence-electron chi connectivity index (χ1n) is 9.04. The third-order valence-corrected chi connectivity index (χ3v) is 4.52. The van der Waals surface area contributed by atoms with E-state index in [2.05, 4.69) is 16.7 Å². The van der Waals surface area contributed by atoms with Crippen LogP contribution in [0.5, 0.6) is 5.75 Å². The van der Waals surface area contributed by atoms with Gasteiger partial charge in [0.25, 0.3) is 0 Å². The van der Waals surface area contributed by atoms with Gasteiger partial charge in [0.2, 0.25) is 0 Å². The molecule has 142 valence electrons. The highest BCUT2D eigenvalue weighted by atomic mass is 16.5. The number of carbonyl (C=O) groups excluding carboxylic acids is 2. The molecule has 6 heteroatoms. The van der Waals surface area contributed by atoms with Crippen LogP contribution in [-0.2, 0) is 14.3 Å². The number of hydrogen-bond donors (Lipinski definition) is 2. The molecule has 2 N–H and O–H groups in total. The average molecular weight is 360 g/mol. The number of allylic oxidation sites excluding steroid dienone is 1. The SMILES string of the molecule is COc1cccc([C@H](CNC(=O)C(=O)NCCC2=CCCCC2)OC)c1. The Bertz CT molecular complexity index is 642. The normalized spacial score (nSPS) is 14.9. The Balaban J connectivity index is 1.76. The molecule has 0 saturated heterocycles. The number of carbonyl (C=O) groups is 2. The van der Waals surface area contributed by atoms with Crippen molar-refractivity contribution in [3.8, 4) is 5.75 Å². The van der Waals surface area contributed by atoms with Gasteiger partial charge in [-0.05, 0) is 49.8 Å². The topological polar surface area (TPSA) is 76.7 Å². The number of nitrogens with one attached hydrogen (secondary N) is 2. The highest BCUT2D eigenvalue weighted by Crippen LogP contribution is 2.21. The van der Waals surface area contributed by atoms with Gasteiger partial charge in [-0.1, -0.05) is 23.8 Å². The second-order valence-electron chi connectivity index (χ2n) is 6.33. The van der Waals surface area contributed by atoms with Gasteiger partial charge in [0.15, 0.2) is 0 Å². The van der Waals surface area contributed by atoms with E-state index in [-0.39, 0.29) is 12.6 Å². The quantitative estimate of drug-likeness (QED) is 0.552. The average Bonchev–Trinajstić information content (AvgIpc) is 2.69. The summed E-state index contributed by atoms with van der Waals surface area (Å²) in [5.41, 5.74) is 2.24. The fourth-order valence-corrected chi connectivity index (χ4v) is 2.99. The van der Waals surface area contributed by atoms with E-state index in [0.29, 0.717) is 12.3 Å². The smallest absolute Gasteiger partial charge is 0.309 e. The van der Waals surface area contributed by atoms with Gasteiger partial charge in [-0.15, -0.1) is 0 Å². The van der Waals surface area contributed by atoms with Gasteiger partial charge in [0.1, 0.15) is 5.75 Å². The van der Waals surface area contributed by atoms with E-state index < -0.39 is 11.8 Å². The van der Waals surface area contributed by atoms with E-state index in [1.165, 1.54) is 18.4 Å². The second-order valence-corrected chi connectivity index (χ2v) is 6.33. The van der Waals surface area contributed by atoms with Crippen LogP contribution in [0.1, 0.15) is 43.8 Å². The van der Waals surface area contributed by atoms with Crippen LogP contribution in [0.3, 0.4) is 0 Å². The van der Waals surface area contributed by atoms with E-state index in [4.69, 9.17) is 9.47 Å². The van der Waals surface area contributed by atoms with Crippen LogP contribution in [0.25, 0.3) is 0 Å². The molecule has 0 bridgehead atoms. The van der Waals surface area contributed by atoms with Gasteiger partial charge in [-0.3, -0.25) is 9.59 Å². The molecule has 1 aromatic carbocycles.